The highest BCUT2D eigenvalue weighted by Gasteiger charge is 2.22. The summed E-state index contributed by atoms with van der Waals surface area (Å²) in [5.41, 5.74) is 2.55. The number of nitrogens with zero attached hydrogens (tertiary/aromatic N) is 2. The zero-order chi connectivity index (χ0) is 15.2. The lowest BCUT2D eigenvalue weighted by molar-refractivity contribution is 0.285. The number of hydrogen-bond acceptors (Lipinski definition) is 3. The maximum absolute atomic E-state index is 6.48. The minimum absolute atomic E-state index is 0.816. The smallest absolute Gasteiger partial charge is 0.0642 e. The van der Waals surface area contributed by atoms with Crippen molar-refractivity contribution in [3.63, 3.8) is 0 Å². The van der Waals surface area contributed by atoms with Gasteiger partial charge >= 0.3 is 0 Å². The molecule has 0 unspecified atom stereocenters. The predicted molar refractivity (Wildman–Crippen MR) is 92.3 cm³/mol. The highest BCUT2D eigenvalue weighted by atomic mass is 35.5. The van der Waals surface area contributed by atoms with E-state index in [1.807, 2.05) is 6.07 Å². The van der Waals surface area contributed by atoms with Crippen LogP contribution in [0.2, 0.25) is 5.02 Å². The van der Waals surface area contributed by atoms with Crippen molar-refractivity contribution in [3.05, 3.63) is 28.8 Å². The normalized spacial score (nSPS) is 16.7. The van der Waals surface area contributed by atoms with Gasteiger partial charge in [0.25, 0.3) is 0 Å². The summed E-state index contributed by atoms with van der Waals surface area (Å²) in [6, 6.07) is 6.26. The molecule has 1 heterocycles. The maximum Gasteiger partial charge on any atom is 0.0642 e. The minimum Gasteiger partial charge on any atom is -0.370 e. The van der Waals surface area contributed by atoms with E-state index in [-0.39, 0.29) is 0 Å². The summed E-state index contributed by atoms with van der Waals surface area (Å²) < 4.78 is 0. The average Bonchev–Trinajstić information content (AvgIpc) is 2.46. The molecule has 118 valence electrons. The minimum atomic E-state index is 0.816. The van der Waals surface area contributed by atoms with Gasteiger partial charge in [-0.05, 0) is 51.0 Å². The molecule has 0 spiro atoms. The Bertz CT molecular complexity index is 440. The van der Waals surface area contributed by atoms with E-state index in [1.165, 1.54) is 30.6 Å². The van der Waals surface area contributed by atoms with Crippen LogP contribution in [0.25, 0.3) is 0 Å². The standard InChI is InChI=1S/C17H28ClN3/c1-4-19-12-15-6-5-7-16(18)17(15)21-10-8-14(9-11-21)13-20(2)3/h5-7,14,19H,4,8-13H2,1-3H3. The van der Waals surface area contributed by atoms with Crippen LogP contribution in [0.15, 0.2) is 18.2 Å². The Balaban J connectivity index is 2.05. The van der Waals surface area contributed by atoms with E-state index in [0.717, 1.165) is 37.1 Å². The number of rotatable bonds is 6. The molecule has 2 rings (SSSR count). The number of piperidine rings is 1. The lowest BCUT2D eigenvalue weighted by Crippen LogP contribution is -2.37. The second-order valence-corrected chi connectivity index (χ2v) is 6.63. The molecule has 1 N–H and O–H groups in total. The van der Waals surface area contributed by atoms with Gasteiger partial charge in [-0.3, -0.25) is 0 Å². The van der Waals surface area contributed by atoms with Crippen molar-refractivity contribution in [3.8, 4) is 0 Å². The number of para-hydroxylation sites is 1. The molecule has 1 saturated heterocycles. The summed E-state index contributed by atoms with van der Waals surface area (Å²) in [4.78, 5) is 4.77. The van der Waals surface area contributed by atoms with Gasteiger partial charge in [0.1, 0.15) is 0 Å². The first-order valence-electron chi connectivity index (χ1n) is 7.99. The Morgan fingerprint density at radius 3 is 2.62 bits per heavy atom. The SMILES string of the molecule is CCNCc1cccc(Cl)c1N1CCC(CN(C)C)CC1. The molecule has 0 atom stereocenters. The Kier molecular flexibility index (Phi) is 6.34. The molecule has 0 bridgehead atoms. The van der Waals surface area contributed by atoms with Crippen molar-refractivity contribution in [1.82, 2.24) is 10.2 Å². The van der Waals surface area contributed by atoms with Crippen molar-refractivity contribution >= 4 is 17.3 Å². The third-order valence-corrected chi connectivity index (χ3v) is 4.49. The lowest BCUT2D eigenvalue weighted by Gasteiger charge is -2.36. The molecule has 21 heavy (non-hydrogen) atoms. The summed E-state index contributed by atoms with van der Waals surface area (Å²) in [6.45, 7) is 7.43. The molecule has 1 aliphatic rings. The van der Waals surface area contributed by atoms with Crippen molar-refractivity contribution in [2.24, 2.45) is 5.92 Å². The van der Waals surface area contributed by atoms with E-state index >= 15 is 0 Å². The predicted octanol–water partition coefficient (Wildman–Crippen LogP) is 3.23. The van der Waals surface area contributed by atoms with E-state index in [2.05, 4.69) is 48.3 Å². The van der Waals surface area contributed by atoms with Gasteiger partial charge in [0.05, 0.1) is 10.7 Å². The fourth-order valence-electron chi connectivity index (χ4n) is 3.17. The van der Waals surface area contributed by atoms with Crippen LogP contribution in [0.1, 0.15) is 25.3 Å². The van der Waals surface area contributed by atoms with E-state index in [0.29, 0.717) is 0 Å². The van der Waals surface area contributed by atoms with Crippen LogP contribution in [0.5, 0.6) is 0 Å². The quantitative estimate of drug-likeness (QED) is 0.870. The highest BCUT2D eigenvalue weighted by Crippen LogP contribution is 2.33. The molecule has 1 fully saturated rings. The zero-order valence-electron chi connectivity index (χ0n) is 13.5. The van der Waals surface area contributed by atoms with Crippen molar-refractivity contribution < 1.29 is 0 Å². The van der Waals surface area contributed by atoms with E-state index in [4.69, 9.17) is 11.6 Å². The molecule has 0 amide bonds. The summed E-state index contributed by atoms with van der Waals surface area (Å²) in [5, 5.41) is 4.30. The van der Waals surface area contributed by atoms with Gasteiger partial charge in [-0.15, -0.1) is 0 Å². The van der Waals surface area contributed by atoms with Crippen LogP contribution in [0, 0.1) is 5.92 Å². The molecule has 0 aromatic heterocycles. The molecule has 4 heteroatoms. The first-order chi connectivity index (χ1) is 10.1. The van der Waals surface area contributed by atoms with Crippen molar-refractivity contribution in [2.75, 3.05) is 45.2 Å². The zero-order valence-corrected chi connectivity index (χ0v) is 14.3. The van der Waals surface area contributed by atoms with Crippen molar-refractivity contribution in [2.45, 2.75) is 26.3 Å². The van der Waals surface area contributed by atoms with Gasteiger partial charge in [-0.2, -0.15) is 0 Å². The number of anilines is 1. The molecule has 1 aliphatic heterocycles. The van der Waals surface area contributed by atoms with Gasteiger partial charge < -0.3 is 15.1 Å². The van der Waals surface area contributed by atoms with Gasteiger partial charge in [0.15, 0.2) is 0 Å². The molecule has 1 aromatic rings. The van der Waals surface area contributed by atoms with Crippen LogP contribution in [0.3, 0.4) is 0 Å². The van der Waals surface area contributed by atoms with Crippen LogP contribution in [-0.2, 0) is 6.54 Å². The largest absolute Gasteiger partial charge is 0.370 e. The topological polar surface area (TPSA) is 18.5 Å². The van der Waals surface area contributed by atoms with Crippen LogP contribution < -0.4 is 10.2 Å². The number of nitrogens with one attached hydrogen (secondary N) is 1. The van der Waals surface area contributed by atoms with E-state index in [9.17, 15) is 0 Å². The summed E-state index contributed by atoms with van der Waals surface area (Å²) in [6.07, 6.45) is 2.51. The van der Waals surface area contributed by atoms with E-state index < -0.39 is 0 Å². The third-order valence-electron chi connectivity index (χ3n) is 4.19. The Morgan fingerprint density at radius 1 is 1.29 bits per heavy atom. The first kappa shape index (κ1) is 16.6. The molecule has 0 radical (unpaired) electrons. The molecule has 0 aliphatic carbocycles. The average molecular weight is 310 g/mol. The second-order valence-electron chi connectivity index (χ2n) is 6.22. The fourth-order valence-corrected chi connectivity index (χ4v) is 3.49. The van der Waals surface area contributed by atoms with Crippen LogP contribution in [0.4, 0.5) is 5.69 Å². The molecular weight excluding hydrogens is 282 g/mol. The van der Waals surface area contributed by atoms with Gasteiger partial charge in [-0.25, -0.2) is 0 Å². The van der Waals surface area contributed by atoms with Gasteiger partial charge in [0, 0.05) is 26.2 Å². The lowest BCUT2D eigenvalue weighted by atomic mass is 9.95. The third kappa shape index (κ3) is 4.60. The molecule has 0 saturated carbocycles. The second kappa shape index (κ2) is 8.02. The maximum atomic E-state index is 6.48. The molecule has 1 aromatic carbocycles. The Hall–Kier alpha value is -0.770. The molecular formula is C17H28ClN3. The highest BCUT2D eigenvalue weighted by molar-refractivity contribution is 6.33. The monoisotopic (exact) mass is 309 g/mol. The summed E-state index contributed by atoms with van der Waals surface area (Å²) in [5.74, 6) is 0.816. The van der Waals surface area contributed by atoms with Crippen LogP contribution >= 0.6 is 11.6 Å². The van der Waals surface area contributed by atoms with Gasteiger partial charge in [0.2, 0.25) is 0 Å². The van der Waals surface area contributed by atoms with Crippen LogP contribution in [-0.4, -0.2) is 45.2 Å². The van der Waals surface area contributed by atoms with Gasteiger partial charge in [-0.1, -0.05) is 30.7 Å². The first-order valence-corrected chi connectivity index (χ1v) is 8.37. The molecule has 3 nitrogen and oxygen atoms in total. The number of hydrogen-bond donors (Lipinski definition) is 1. The fraction of sp³-hybridized carbons (Fsp3) is 0.647. The summed E-state index contributed by atoms with van der Waals surface area (Å²) >= 11 is 6.48. The van der Waals surface area contributed by atoms with E-state index in [1.54, 1.807) is 0 Å². The Labute approximate surface area is 134 Å². The number of benzene rings is 1. The van der Waals surface area contributed by atoms with Crippen molar-refractivity contribution in [1.29, 1.82) is 0 Å². The summed E-state index contributed by atoms with van der Waals surface area (Å²) in [7, 11) is 4.32. The number of halogens is 1. The Morgan fingerprint density at radius 2 is 2.00 bits per heavy atom.